The molecule has 0 aliphatic carbocycles. The zero-order chi connectivity index (χ0) is 13.7. The van der Waals surface area contributed by atoms with Gasteiger partial charge >= 0.3 is 0 Å². The summed E-state index contributed by atoms with van der Waals surface area (Å²) < 4.78 is 0. The minimum Gasteiger partial charge on any atom is -0.324 e. The second kappa shape index (κ2) is 7.13. The summed E-state index contributed by atoms with van der Waals surface area (Å²) in [5, 5.41) is 3.73. The van der Waals surface area contributed by atoms with Gasteiger partial charge in [-0.15, -0.1) is 0 Å². The van der Waals surface area contributed by atoms with Crippen molar-refractivity contribution >= 4 is 34.8 Å². The number of anilines is 1. The molecule has 3 nitrogen and oxygen atoms in total. The van der Waals surface area contributed by atoms with Gasteiger partial charge < -0.3 is 10.2 Å². The van der Waals surface area contributed by atoms with Crippen LogP contribution in [0.3, 0.4) is 0 Å². The second-order valence-corrected chi connectivity index (χ2v) is 5.61. The quantitative estimate of drug-likeness (QED) is 0.917. The third-order valence-corrected chi connectivity index (χ3v) is 3.96. The first-order valence-electron chi connectivity index (χ1n) is 6.63. The molecule has 1 aromatic carbocycles. The Morgan fingerprint density at radius 3 is 2.42 bits per heavy atom. The van der Waals surface area contributed by atoms with Gasteiger partial charge in [-0.25, -0.2) is 0 Å². The van der Waals surface area contributed by atoms with Crippen molar-refractivity contribution in [3.63, 3.8) is 0 Å². The predicted molar refractivity (Wildman–Crippen MR) is 80.0 cm³/mol. The number of likely N-dealkylation sites (tertiary alicyclic amines) is 1. The van der Waals surface area contributed by atoms with Gasteiger partial charge in [0, 0.05) is 13.0 Å². The fourth-order valence-corrected chi connectivity index (χ4v) is 2.75. The fourth-order valence-electron chi connectivity index (χ4n) is 2.26. The summed E-state index contributed by atoms with van der Waals surface area (Å²) in [6.45, 7) is 2.99. The summed E-state index contributed by atoms with van der Waals surface area (Å²) in [4.78, 5) is 14.2. The number of piperidine rings is 1. The molecule has 1 amide bonds. The molecular formula is C14H18Cl2N2O. The van der Waals surface area contributed by atoms with Gasteiger partial charge in [0.05, 0.1) is 15.7 Å². The van der Waals surface area contributed by atoms with E-state index in [-0.39, 0.29) is 5.91 Å². The second-order valence-electron chi connectivity index (χ2n) is 4.80. The molecule has 5 heteroatoms. The Kier molecular flexibility index (Phi) is 5.49. The summed E-state index contributed by atoms with van der Waals surface area (Å²) in [6, 6.07) is 5.19. The molecule has 1 N–H and O–H groups in total. The first-order valence-corrected chi connectivity index (χ1v) is 7.38. The Balaban J connectivity index is 1.83. The molecule has 1 aliphatic rings. The standard InChI is InChI=1S/C14H18Cl2N2O/c15-11-5-4-6-12(16)14(11)17-13(19)7-10-18-8-2-1-3-9-18/h4-6H,1-3,7-10H2,(H,17,19). The Morgan fingerprint density at radius 1 is 1.16 bits per heavy atom. The number of hydrogen-bond acceptors (Lipinski definition) is 2. The van der Waals surface area contributed by atoms with Crippen molar-refractivity contribution in [2.45, 2.75) is 25.7 Å². The molecule has 104 valence electrons. The number of carbonyl (C=O) groups is 1. The van der Waals surface area contributed by atoms with Gasteiger partial charge in [-0.05, 0) is 38.1 Å². The third-order valence-electron chi connectivity index (χ3n) is 3.33. The van der Waals surface area contributed by atoms with Crippen LogP contribution in [0.4, 0.5) is 5.69 Å². The minimum absolute atomic E-state index is 0.0411. The van der Waals surface area contributed by atoms with Crippen molar-refractivity contribution in [1.82, 2.24) is 4.90 Å². The zero-order valence-corrected chi connectivity index (χ0v) is 12.3. The molecule has 1 heterocycles. The maximum absolute atomic E-state index is 11.9. The molecule has 0 bridgehead atoms. The maximum Gasteiger partial charge on any atom is 0.225 e. The van der Waals surface area contributed by atoms with Crippen LogP contribution in [0.5, 0.6) is 0 Å². The minimum atomic E-state index is -0.0411. The average Bonchev–Trinajstić information content (AvgIpc) is 2.42. The van der Waals surface area contributed by atoms with E-state index in [4.69, 9.17) is 23.2 Å². The number of nitrogens with one attached hydrogen (secondary N) is 1. The number of rotatable bonds is 4. The van der Waals surface area contributed by atoms with E-state index in [9.17, 15) is 4.79 Å². The number of carbonyl (C=O) groups excluding carboxylic acids is 1. The molecule has 1 aliphatic heterocycles. The summed E-state index contributed by atoms with van der Waals surface area (Å²) in [6.07, 6.45) is 4.25. The SMILES string of the molecule is O=C(CCN1CCCCC1)Nc1c(Cl)cccc1Cl. The van der Waals surface area contributed by atoms with Crippen LogP contribution in [-0.4, -0.2) is 30.4 Å². The van der Waals surface area contributed by atoms with Crippen LogP contribution < -0.4 is 5.32 Å². The van der Waals surface area contributed by atoms with Gasteiger partial charge in [0.1, 0.15) is 0 Å². The molecule has 1 fully saturated rings. The van der Waals surface area contributed by atoms with E-state index in [1.54, 1.807) is 18.2 Å². The molecule has 0 aromatic heterocycles. The van der Waals surface area contributed by atoms with Crippen LogP contribution in [0.25, 0.3) is 0 Å². The number of benzene rings is 1. The Labute approximate surface area is 123 Å². The Hall–Kier alpha value is -0.770. The highest BCUT2D eigenvalue weighted by Crippen LogP contribution is 2.29. The maximum atomic E-state index is 11.9. The van der Waals surface area contributed by atoms with E-state index in [0.717, 1.165) is 19.6 Å². The molecule has 0 radical (unpaired) electrons. The third kappa shape index (κ3) is 4.37. The van der Waals surface area contributed by atoms with E-state index < -0.39 is 0 Å². The fraction of sp³-hybridized carbons (Fsp3) is 0.500. The smallest absolute Gasteiger partial charge is 0.225 e. The van der Waals surface area contributed by atoms with Gasteiger partial charge in [0.2, 0.25) is 5.91 Å². The van der Waals surface area contributed by atoms with Crippen LogP contribution in [0.2, 0.25) is 10.0 Å². The van der Waals surface area contributed by atoms with Gasteiger partial charge in [-0.3, -0.25) is 4.79 Å². The molecule has 1 aromatic rings. The largest absolute Gasteiger partial charge is 0.324 e. The number of halogens is 2. The van der Waals surface area contributed by atoms with Gasteiger partial charge in [-0.1, -0.05) is 35.7 Å². The lowest BCUT2D eigenvalue weighted by molar-refractivity contribution is -0.116. The van der Waals surface area contributed by atoms with Crippen LogP contribution in [-0.2, 0) is 4.79 Å². The van der Waals surface area contributed by atoms with Crippen molar-refractivity contribution in [1.29, 1.82) is 0 Å². The summed E-state index contributed by atoms with van der Waals surface area (Å²) in [5.41, 5.74) is 0.509. The van der Waals surface area contributed by atoms with E-state index in [2.05, 4.69) is 10.2 Å². The lowest BCUT2D eigenvalue weighted by Crippen LogP contribution is -2.32. The van der Waals surface area contributed by atoms with Crippen LogP contribution in [0.1, 0.15) is 25.7 Å². The predicted octanol–water partition coefficient (Wildman–Crippen LogP) is 3.81. The molecule has 0 saturated carbocycles. The first-order chi connectivity index (χ1) is 9.16. The van der Waals surface area contributed by atoms with Crippen molar-refractivity contribution in [3.8, 4) is 0 Å². The molecule has 0 spiro atoms. The molecule has 19 heavy (non-hydrogen) atoms. The van der Waals surface area contributed by atoms with Crippen LogP contribution in [0, 0.1) is 0 Å². The highest BCUT2D eigenvalue weighted by atomic mass is 35.5. The van der Waals surface area contributed by atoms with Crippen molar-refractivity contribution in [2.24, 2.45) is 0 Å². The average molecular weight is 301 g/mol. The Morgan fingerprint density at radius 2 is 1.79 bits per heavy atom. The lowest BCUT2D eigenvalue weighted by Gasteiger charge is -2.26. The van der Waals surface area contributed by atoms with Gasteiger partial charge in [0.15, 0.2) is 0 Å². The Bertz CT molecular complexity index is 425. The van der Waals surface area contributed by atoms with E-state index >= 15 is 0 Å². The summed E-state index contributed by atoms with van der Waals surface area (Å²) >= 11 is 12.0. The number of amides is 1. The van der Waals surface area contributed by atoms with Crippen molar-refractivity contribution in [3.05, 3.63) is 28.2 Å². The van der Waals surface area contributed by atoms with Crippen LogP contribution >= 0.6 is 23.2 Å². The molecule has 2 rings (SSSR count). The normalized spacial score (nSPS) is 16.3. The van der Waals surface area contributed by atoms with Gasteiger partial charge in [0.25, 0.3) is 0 Å². The molecule has 0 atom stereocenters. The van der Waals surface area contributed by atoms with Crippen LogP contribution in [0.15, 0.2) is 18.2 Å². The number of nitrogens with zero attached hydrogens (tertiary/aromatic N) is 1. The van der Waals surface area contributed by atoms with Crippen molar-refractivity contribution in [2.75, 3.05) is 25.0 Å². The summed E-state index contributed by atoms with van der Waals surface area (Å²) in [7, 11) is 0. The lowest BCUT2D eigenvalue weighted by atomic mass is 10.1. The number of hydrogen-bond donors (Lipinski definition) is 1. The monoisotopic (exact) mass is 300 g/mol. The highest BCUT2D eigenvalue weighted by molar-refractivity contribution is 6.39. The number of para-hydroxylation sites is 1. The van der Waals surface area contributed by atoms with E-state index in [1.807, 2.05) is 0 Å². The molecular weight excluding hydrogens is 283 g/mol. The van der Waals surface area contributed by atoms with E-state index in [0.29, 0.717) is 22.2 Å². The zero-order valence-electron chi connectivity index (χ0n) is 10.8. The van der Waals surface area contributed by atoms with Crippen molar-refractivity contribution < 1.29 is 4.79 Å². The first kappa shape index (κ1) is 14.6. The van der Waals surface area contributed by atoms with Gasteiger partial charge in [-0.2, -0.15) is 0 Å². The molecule has 1 saturated heterocycles. The highest BCUT2D eigenvalue weighted by Gasteiger charge is 2.13. The van der Waals surface area contributed by atoms with E-state index in [1.165, 1.54) is 19.3 Å². The molecule has 0 unspecified atom stereocenters. The summed E-state index contributed by atoms with van der Waals surface area (Å²) in [5.74, 6) is -0.0411. The topological polar surface area (TPSA) is 32.3 Å².